The normalized spacial score (nSPS) is 13.6. The Balaban J connectivity index is 3.08. The number of methoxy groups -OCH3 is 1. The first-order valence-electron chi connectivity index (χ1n) is 5.24. The van der Waals surface area contributed by atoms with Crippen molar-refractivity contribution in [2.45, 2.75) is 24.8 Å². The molecule has 0 bridgehead atoms. The van der Waals surface area contributed by atoms with Crippen molar-refractivity contribution in [3.63, 3.8) is 0 Å². The first-order chi connectivity index (χ1) is 8.69. The van der Waals surface area contributed by atoms with Crippen LogP contribution in [0.15, 0.2) is 11.0 Å². The lowest BCUT2D eigenvalue weighted by atomic mass is 10.1. The van der Waals surface area contributed by atoms with Gasteiger partial charge < -0.3 is 4.74 Å². The van der Waals surface area contributed by atoms with E-state index in [1.54, 1.807) is 13.8 Å². The van der Waals surface area contributed by atoms with Gasteiger partial charge in [0.25, 0.3) is 0 Å². The van der Waals surface area contributed by atoms with Gasteiger partial charge in [0.2, 0.25) is 10.0 Å². The molecule has 1 N–H and O–H groups in total. The van der Waals surface area contributed by atoms with Crippen molar-refractivity contribution in [2.75, 3.05) is 7.11 Å². The highest BCUT2D eigenvalue weighted by Gasteiger charge is 2.31. The molecular weight excluding hydrogens is 333 g/mol. The first kappa shape index (κ1) is 16.7. The van der Waals surface area contributed by atoms with Crippen molar-refractivity contribution < 1.29 is 17.9 Å². The highest BCUT2D eigenvalue weighted by Crippen LogP contribution is 2.34. The van der Waals surface area contributed by atoms with E-state index in [1.807, 2.05) is 0 Å². The molecule has 0 aromatic carbocycles. The number of carbonyl (C=O) groups is 1. The average Bonchev–Trinajstić information content (AvgIpc) is 2.65. The number of ether oxygens (including phenoxy) is 1. The van der Waals surface area contributed by atoms with E-state index < -0.39 is 22.0 Å². The SMILES string of the molecule is COC(=O)C(NS(=O)(=O)c1cc(Cl)sc1Cl)C(C)C. The van der Waals surface area contributed by atoms with Crippen LogP contribution in [0, 0.1) is 5.92 Å². The molecule has 0 aliphatic heterocycles. The van der Waals surface area contributed by atoms with Gasteiger partial charge in [-0.15, -0.1) is 11.3 Å². The molecule has 1 unspecified atom stereocenters. The summed E-state index contributed by atoms with van der Waals surface area (Å²) in [5.74, 6) is -0.925. The summed E-state index contributed by atoms with van der Waals surface area (Å²) in [4.78, 5) is 11.4. The number of nitrogens with one attached hydrogen (secondary N) is 1. The zero-order valence-corrected chi connectivity index (χ0v) is 13.6. The highest BCUT2D eigenvalue weighted by molar-refractivity contribution is 7.89. The summed E-state index contributed by atoms with van der Waals surface area (Å²) in [5.41, 5.74) is 0. The molecule has 9 heteroatoms. The number of rotatable bonds is 5. The number of hydrogen-bond acceptors (Lipinski definition) is 5. The van der Waals surface area contributed by atoms with Crippen LogP contribution >= 0.6 is 34.5 Å². The smallest absolute Gasteiger partial charge is 0.324 e. The number of thiophene rings is 1. The molecule has 1 heterocycles. The van der Waals surface area contributed by atoms with Gasteiger partial charge in [-0.05, 0) is 12.0 Å². The number of esters is 1. The molecule has 0 aliphatic rings. The third-order valence-corrected chi connectivity index (χ3v) is 5.51. The van der Waals surface area contributed by atoms with Crippen molar-refractivity contribution >= 4 is 50.5 Å². The minimum Gasteiger partial charge on any atom is -0.468 e. The van der Waals surface area contributed by atoms with Gasteiger partial charge in [0.15, 0.2) is 0 Å². The summed E-state index contributed by atoms with van der Waals surface area (Å²) in [6, 6.07) is 0.260. The third-order valence-electron chi connectivity index (χ3n) is 2.32. The molecule has 1 aromatic rings. The van der Waals surface area contributed by atoms with Gasteiger partial charge >= 0.3 is 5.97 Å². The third kappa shape index (κ3) is 4.06. The van der Waals surface area contributed by atoms with Gasteiger partial charge in [-0.1, -0.05) is 37.0 Å². The van der Waals surface area contributed by atoms with Gasteiger partial charge in [0.1, 0.15) is 15.3 Å². The average molecular weight is 346 g/mol. The molecule has 0 saturated heterocycles. The second-order valence-electron chi connectivity index (χ2n) is 4.05. The molecule has 0 fully saturated rings. The van der Waals surface area contributed by atoms with E-state index in [2.05, 4.69) is 9.46 Å². The Morgan fingerprint density at radius 3 is 2.37 bits per heavy atom. The number of halogens is 2. The van der Waals surface area contributed by atoms with E-state index in [9.17, 15) is 13.2 Å². The summed E-state index contributed by atoms with van der Waals surface area (Å²) in [7, 11) is -2.73. The zero-order valence-electron chi connectivity index (χ0n) is 10.4. The second-order valence-corrected chi connectivity index (χ2v) is 8.02. The molecule has 0 aliphatic carbocycles. The Morgan fingerprint density at radius 1 is 1.42 bits per heavy atom. The number of sulfonamides is 1. The van der Waals surface area contributed by atoms with E-state index in [4.69, 9.17) is 23.2 Å². The maximum absolute atomic E-state index is 12.1. The van der Waals surface area contributed by atoms with Crippen molar-refractivity contribution in [2.24, 2.45) is 5.92 Å². The predicted octanol–water partition coefficient (Wildman–Crippen LogP) is 2.53. The van der Waals surface area contributed by atoms with E-state index in [-0.39, 0.29) is 19.5 Å². The van der Waals surface area contributed by atoms with Crippen LogP contribution in [0.3, 0.4) is 0 Å². The van der Waals surface area contributed by atoms with Gasteiger partial charge in [-0.25, -0.2) is 8.42 Å². The largest absolute Gasteiger partial charge is 0.468 e. The molecule has 0 amide bonds. The fraction of sp³-hybridized carbons (Fsp3) is 0.500. The highest BCUT2D eigenvalue weighted by atomic mass is 35.5. The van der Waals surface area contributed by atoms with Gasteiger partial charge in [-0.2, -0.15) is 4.72 Å². The van der Waals surface area contributed by atoms with Crippen molar-refractivity contribution in [3.05, 3.63) is 14.7 Å². The lowest BCUT2D eigenvalue weighted by molar-refractivity contribution is -0.143. The lowest BCUT2D eigenvalue weighted by Gasteiger charge is -2.19. The van der Waals surface area contributed by atoms with Crippen LogP contribution in [0.1, 0.15) is 13.8 Å². The van der Waals surface area contributed by atoms with E-state index >= 15 is 0 Å². The van der Waals surface area contributed by atoms with Crippen LogP contribution in [0.4, 0.5) is 0 Å². The molecule has 0 radical (unpaired) electrons. The molecular formula is C10H13Cl2NO4S2. The fourth-order valence-corrected chi connectivity index (χ4v) is 4.80. The van der Waals surface area contributed by atoms with E-state index in [0.717, 1.165) is 11.3 Å². The van der Waals surface area contributed by atoms with Gasteiger partial charge in [0.05, 0.1) is 11.4 Å². The Morgan fingerprint density at radius 2 is 2.00 bits per heavy atom. The monoisotopic (exact) mass is 345 g/mol. The van der Waals surface area contributed by atoms with Crippen LogP contribution in [-0.2, 0) is 19.6 Å². The first-order valence-corrected chi connectivity index (χ1v) is 8.29. The van der Waals surface area contributed by atoms with Gasteiger partial charge in [-0.3, -0.25) is 4.79 Å². The van der Waals surface area contributed by atoms with Gasteiger partial charge in [0, 0.05) is 0 Å². The molecule has 0 spiro atoms. The molecule has 1 rings (SSSR count). The maximum Gasteiger partial charge on any atom is 0.324 e. The molecule has 1 atom stereocenters. The van der Waals surface area contributed by atoms with Crippen LogP contribution < -0.4 is 4.72 Å². The second kappa shape index (κ2) is 6.41. The summed E-state index contributed by atoms with van der Waals surface area (Å²) >= 11 is 12.5. The minimum absolute atomic E-state index is 0.0462. The minimum atomic E-state index is -3.93. The summed E-state index contributed by atoms with van der Waals surface area (Å²) < 4.78 is 31.4. The summed E-state index contributed by atoms with van der Waals surface area (Å²) in [5, 5.41) is 0. The fourth-order valence-electron chi connectivity index (χ4n) is 1.32. The number of carbonyl (C=O) groups excluding carboxylic acids is 1. The van der Waals surface area contributed by atoms with Crippen LogP contribution in [0.5, 0.6) is 0 Å². The predicted molar refractivity (Wildman–Crippen MR) is 75.3 cm³/mol. The Hall–Kier alpha value is -0.340. The summed E-state index contributed by atoms with van der Waals surface area (Å²) in [6.45, 7) is 3.40. The molecule has 5 nitrogen and oxygen atoms in total. The zero-order chi connectivity index (χ0) is 14.8. The van der Waals surface area contributed by atoms with Crippen molar-refractivity contribution in [1.29, 1.82) is 0 Å². The summed E-state index contributed by atoms with van der Waals surface area (Å²) in [6.07, 6.45) is 0. The molecule has 0 saturated carbocycles. The Kier molecular flexibility index (Phi) is 5.64. The Labute approximate surface area is 125 Å². The van der Waals surface area contributed by atoms with Crippen molar-refractivity contribution in [1.82, 2.24) is 4.72 Å². The van der Waals surface area contributed by atoms with Crippen LogP contribution in [-0.4, -0.2) is 27.5 Å². The molecule has 1 aromatic heterocycles. The molecule has 19 heavy (non-hydrogen) atoms. The van der Waals surface area contributed by atoms with Crippen LogP contribution in [0.25, 0.3) is 0 Å². The quantitative estimate of drug-likeness (QED) is 0.832. The van der Waals surface area contributed by atoms with Crippen LogP contribution in [0.2, 0.25) is 8.67 Å². The topological polar surface area (TPSA) is 72.5 Å². The van der Waals surface area contributed by atoms with E-state index in [1.165, 1.54) is 13.2 Å². The standard InChI is InChI=1S/C10H13Cl2NO4S2/c1-5(2)8(10(14)17-3)13-19(15,16)6-4-7(11)18-9(6)12/h4-5,8,13H,1-3H3. The van der Waals surface area contributed by atoms with Crippen molar-refractivity contribution in [3.8, 4) is 0 Å². The maximum atomic E-state index is 12.1. The number of hydrogen-bond donors (Lipinski definition) is 1. The lowest BCUT2D eigenvalue weighted by Crippen LogP contribution is -2.44. The van der Waals surface area contributed by atoms with E-state index in [0.29, 0.717) is 0 Å². The Bertz CT molecular complexity index is 568. The molecule has 108 valence electrons.